The lowest BCUT2D eigenvalue weighted by atomic mass is 10.1. The zero-order chi connectivity index (χ0) is 29.9. The molecule has 1 aliphatic rings. The first-order valence-corrected chi connectivity index (χ1v) is 14.3. The smallest absolute Gasteiger partial charge is 0.339 e. The first-order valence-electron chi connectivity index (χ1n) is 11.7. The maximum Gasteiger partial charge on any atom is 0.339 e. The maximum atomic E-state index is 13.4. The molecule has 41 heavy (non-hydrogen) atoms. The third-order valence-electron chi connectivity index (χ3n) is 5.59. The lowest BCUT2D eigenvalue weighted by Crippen LogP contribution is -2.54. The predicted molar refractivity (Wildman–Crippen MR) is 155 cm³/mol. The standard InChI is InChI=1S/C26H20BrN3O9S2/c1-3-38-22-13-15(12-21(27)23(22)39-41(35,36)19-6-4-5-17(14-19)30(33)34)11-20-24(31)28-26(40)29(25(20)32)16-7-9-18(37-2)10-8-16/h4-14H,3H2,1-2H3,(H,28,31,40)/b20-11-. The molecule has 3 aromatic carbocycles. The Hall–Kier alpha value is -4.34. The van der Waals surface area contributed by atoms with E-state index in [1.807, 2.05) is 0 Å². The van der Waals surface area contributed by atoms with E-state index in [0.717, 1.165) is 23.1 Å². The Kier molecular flexibility index (Phi) is 8.70. The van der Waals surface area contributed by atoms with Gasteiger partial charge >= 0.3 is 10.1 Å². The van der Waals surface area contributed by atoms with E-state index < -0.39 is 37.4 Å². The first kappa shape index (κ1) is 29.6. The van der Waals surface area contributed by atoms with Crippen LogP contribution in [-0.4, -0.2) is 44.0 Å². The highest BCUT2D eigenvalue weighted by atomic mass is 79.9. The summed E-state index contributed by atoms with van der Waals surface area (Å²) >= 11 is 8.49. The summed E-state index contributed by atoms with van der Waals surface area (Å²) in [5, 5.41) is 13.5. The van der Waals surface area contributed by atoms with Gasteiger partial charge in [0, 0.05) is 12.1 Å². The van der Waals surface area contributed by atoms with Crippen LogP contribution in [0, 0.1) is 10.1 Å². The van der Waals surface area contributed by atoms with Gasteiger partial charge in [-0.1, -0.05) is 6.07 Å². The molecule has 0 bridgehead atoms. The number of non-ortho nitro benzene ring substituents is 1. The van der Waals surface area contributed by atoms with E-state index in [0.29, 0.717) is 17.0 Å². The minimum atomic E-state index is -4.52. The van der Waals surface area contributed by atoms with Gasteiger partial charge in [-0.05, 0) is 89.2 Å². The molecule has 1 N–H and O–H groups in total. The van der Waals surface area contributed by atoms with Crippen LogP contribution in [0.2, 0.25) is 0 Å². The molecule has 0 atom stereocenters. The molecule has 3 aromatic rings. The summed E-state index contributed by atoms with van der Waals surface area (Å²) in [5.74, 6) is -1.12. The number of nitro groups is 1. The van der Waals surface area contributed by atoms with Crippen LogP contribution < -0.4 is 23.9 Å². The number of anilines is 1. The molecule has 1 saturated heterocycles. The molecule has 0 saturated carbocycles. The highest BCUT2D eigenvalue weighted by Gasteiger charge is 2.35. The minimum absolute atomic E-state index is 0.0334. The van der Waals surface area contributed by atoms with Crippen LogP contribution in [0.15, 0.2) is 75.6 Å². The van der Waals surface area contributed by atoms with Crippen molar-refractivity contribution in [2.24, 2.45) is 0 Å². The SMILES string of the molecule is CCOc1cc(/C=C2/C(=O)NC(=S)N(c3ccc(OC)cc3)C2=O)cc(Br)c1OS(=O)(=O)c1cccc([N+](=O)[O-])c1. The molecular weight excluding hydrogens is 642 g/mol. The number of nitrogens with zero attached hydrogens (tertiary/aromatic N) is 2. The van der Waals surface area contributed by atoms with Crippen molar-refractivity contribution in [3.63, 3.8) is 0 Å². The van der Waals surface area contributed by atoms with E-state index >= 15 is 0 Å². The average Bonchev–Trinajstić information content (AvgIpc) is 2.93. The van der Waals surface area contributed by atoms with Crippen LogP contribution in [0.4, 0.5) is 11.4 Å². The number of amides is 2. The zero-order valence-corrected chi connectivity index (χ0v) is 24.5. The average molecular weight is 662 g/mol. The summed E-state index contributed by atoms with van der Waals surface area (Å²) in [4.78, 5) is 37.2. The van der Waals surface area contributed by atoms with Gasteiger partial charge in [0.1, 0.15) is 16.2 Å². The topological polar surface area (TPSA) is 154 Å². The van der Waals surface area contributed by atoms with Crippen LogP contribution in [0.5, 0.6) is 17.2 Å². The van der Waals surface area contributed by atoms with Gasteiger partial charge in [0.05, 0.1) is 28.8 Å². The number of hydrogen-bond donors (Lipinski definition) is 1. The van der Waals surface area contributed by atoms with E-state index in [2.05, 4.69) is 21.2 Å². The summed E-state index contributed by atoms with van der Waals surface area (Å²) < 4.78 is 42.1. The Bertz CT molecular complexity index is 1710. The molecule has 1 fully saturated rings. The molecule has 15 heteroatoms. The quantitative estimate of drug-likeness (QED) is 0.0873. The highest BCUT2D eigenvalue weighted by Crippen LogP contribution is 2.40. The predicted octanol–water partition coefficient (Wildman–Crippen LogP) is 4.36. The Labute approximate surface area is 247 Å². The van der Waals surface area contributed by atoms with Crippen molar-refractivity contribution in [3.05, 3.63) is 86.4 Å². The largest absolute Gasteiger partial charge is 0.497 e. The van der Waals surface area contributed by atoms with Crippen molar-refractivity contribution >= 4 is 72.6 Å². The van der Waals surface area contributed by atoms with E-state index in [4.69, 9.17) is 25.9 Å². The first-order chi connectivity index (χ1) is 19.4. The lowest BCUT2D eigenvalue weighted by molar-refractivity contribution is -0.385. The summed E-state index contributed by atoms with van der Waals surface area (Å²) in [6.07, 6.45) is 1.29. The lowest BCUT2D eigenvalue weighted by Gasteiger charge is -2.29. The number of hydrogen-bond acceptors (Lipinski definition) is 10. The molecule has 2 amide bonds. The Morgan fingerprint density at radius 3 is 2.46 bits per heavy atom. The highest BCUT2D eigenvalue weighted by molar-refractivity contribution is 9.10. The molecular formula is C26H20BrN3O9S2. The molecule has 4 rings (SSSR count). The second kappa shape index (κ2) is 12.0. The second-order valence-corrected chi connectivity index (χ2v) is 11.0. The summed E-state index contributed by atoms with van der Waals surface area (Å²) in [6, 6.07) is 13.7. The third-order valence-corrected chi connectivity index (χ3v) is 7.68. The number of thiocarbonyl (C=S) groups is 1. The van der Waals surface area contributed by atoms with Crippen molar-refractivity contribution in [3.8, 4) is 17.2 Å². The Balaban J connectivity index is 1.71. The number of nitro benzene ring substituents is 1. The summed E-state index contributed by atoms with van der Waals surface area (Å²) in [5.41, 5.74) is 0.0143. The van der Waals surface area contributed by atoms with Gasteiger partial charge in [0.25, 0.3) is 17.5 Å². The number of benzene rings is 3. The number of rotatable bonds is 9. The minimum Gasteiger partial charge on any atom is -0.497 e. The fourth-order valence-electron chi connectivity index (χ4n) is 3.72. The van der Waals surface area contributed by atoms with Gasteiger partial charge in [-0.3, -0.25) is 29.9 Å². The number of ether oxygens (including phenoxy) is 2. The Morgan fingerprint density at radius 1 is 1.12 bits per heavy atom. The van der Waals surface area contributed by atoms with Crippen LogP contribution in [-0.2, 0) is 19.7 Å². The number of halogens is 1. The number of carbonyl (C=O) groups is 2. The fraction of sp³-hybridized carbons (Fsp3) is 0.115. The number of nitrogens with one attached hydrogen (secondary N) is 1. The monoisotopic (exact) mass is 661 g/mol. The molecule has 1 aliphatic heterocycles. The van der Waals surface area contributed by atoms with Crippen LogP contribution in [0.3, 0.4) is 0 Å². The van der Waals surface area contributed by atoms with Gasteiger partial charge in [-0.15, -0.1) is 0 Å². The zero-order valence-electron chi connectivity index (χ0n) is 21.3. The maximum absolute atomic E-state index is 13.4. The van der Waals surface area contributed by atoms with Crippen molar-refractivity contribution in [1.82, 2.24) is 5.32 Å². The molecule has 0 aliphatic carbocycles. The second-order valence-electron chi connectivity index (χ2n) is 8.21. The summed E-state index contributed by atoms with van der Waals surface area (Å²) in [6.45, 7) is 1.77. The summed E-state index contributed by atoms with van der Waals surface area (Å²) in [7, 11) is -3.02. The van der Waals surface area contributed by atoms with Crippen molar-refractivity contribution in [2.45, 2.75) is 11.8 Å². The Morgan fingerprint density at radius 2 is 1.83 bits per heavy atom. The molecule has 212 valence electrons. The molecule has 0 aromatic heterocycles. The molecule has 0 unspecified atom stereocenters. The number of methoxy groups -OCH3 is 1. The van der Waals surface area contributed by atoms with Gasteiger partial charge in [-0.25, -0.2) is 0 Å². The third kappa shape index (κ3) is 6.37. The molecule has 0 radical (unpaired) electrons. The van der Waals surface area contributed by atoms with Crippen molar-refractivity contribution in [2.75, 3.05) is 18.6 Å². The van der Waals surface area contributed by atoms with Gasteiger partial charge in [-0.2, -0.15) is 8.42 Å². The van der Waals surface area contributed by atoms with Gasteiger partial charge in [0.2, 0.25) is 0 Å². The molecule has 12 nitrogen and oxygen atoms in total. The van der Waals surface area contributed by atoms with Crippen LogP contribution >= 0.6 is 28.1 Å². The fourth-order valence-corrected chi connectivity index (χ4v) is 5.64. The van der Waals surface area contributed by atoms with Gasteiger partial charge in [0.15, 0.2) is 16.6 Å². The number of carbonyl (C=O) groups excluding carboxylic acids is 2. The van der Waals surface area contributed by atoms with Crippen LogP contribution in [0.25, 0.3) is 6.08 Å². The van der Waals surface area contributed by atoms with Gasteiger partial charge < -0.3 is 13.7 Å². The van der Waals surface area contributed by atoms with E-state index in [9.17, 15) is 28.1 Å². The van der Waals surface area contributed by atoms with E-state index in [1.54, 1.807) is 31.2 Å². The van der Waals surface area contributed by atoms with E-state index in [-0.39, 0.29) is 33.3 Å². The van der Waals surface area contributed by atoms with Crippen molar-refractivity contribution < 1.29 is 36.6 Å². The molecule has 1 heterocycles. The van der Waals surface area contributed by atoms with Crippen LogP contribution in [0.1, 0.15) is 12.5 Å². The van der Waals surface area contributed by atoms with E-state index in [1.165, 1.54) is 31.4 Å². The van der Waals surface area contributed by atoms with Crippen molar-refractivity contribution in [1.29, 1.82) is 0 Å². The normalized spacial score (nSPS) is 14.6. The molecule has 0 spiro atoms.